The molecule has 1 aromatic heterocycles. The molecule has 166 valence electrons. The van der Waals surface area contributed by atoms with Crippen LogP contribution in [-0.4, -0.2) is 65.5 Å². The zero-order valence-corrected chi connectivity index (χ0v) is 20.5. The Hall–Kier alpha value is -1.72. The highest BCUT2D eigenvalue weighted by Crippen LogP contribution is 2.24. The largest absolute Gasteiger partial charge is 0.383 e. The minimum absolute atomic E-state index is 0. The van der Waals surface area contributed by atoms with Gasteiger partial charge in [0.2, 0.25) is 0 Å². The van der Waals surface area contributed by atoms with Crippen molar-refractivity contribution in [3.63, 3.8) is 0 Å². The summed E-state index contributed by atoms with van der Waals surface area (Å²) < 4.78 is 7.14. The fourth-order valence-electron chi connectivity index (χ4n) is 3.56. The number of hydrogen-bond donors (Lipinski definition) is 2. The number of ether oxygens (including phenoxy) is 1. The first kappa shape index (κ1) is 24.5. The maximum atomic E-state index is 5.17. The highest BCUT2D eigenvalue weighted by atomic mass is 127. The van der Waals surface area contributed by atoms with E-state index in [-0.39, 0.29) is 24.0 Å². The highest BCUT2D eigenvalue weighted by Gasteiger charge is 2.23. The Balaban J connectivity index is 0.00000320. The molecule has 9 heteroatoms. The molecule has 2 N–H and O–H groups in total. The van der Waals surface area contributed by atoms with E-state index in [0.717, 1.165) is 37.2 Å². The van der Waals surface area contributed by atoms with Crippen LogP contribution in [0.4, 0.5) is 0 Å². The molecular formula is C21H34IN7O. The van der Waals surface area contributed by atoms with Gasteiger partial charge in [0.25, 0.3) is 0 Å². The fourth-order valence-corrected chi connectivity index (χ4v) is 3.56. The van der Waals surface area contributed by atoms with Crippen molar-refractivity contribution in [2.75, 3.05) is 39.9 Å². The van der Waals surface area contributed by atoms with E-state index >= 15 is 0 Å². The van der Waals surface area contributed by atoms with Gasteiger partial charge < -0.3 is 19.9 Å². The molecule has 1 unspecified atom stereocenters. The fraction of sp³-hybridized carbons (Fsp3) is 0.571. The molecule has 30 heavy (non-hydrogen) atoms. The van der Waals surface area contributed by atoms with E-state index in [0.29, 0.717) is 25.7 Å². The van der Waals surface area contributed by atoms with Gasteiger partial charge in [-0.2, -0.15) is 0 Å². The minimum Gasteiger partial charge on any atom is -0.383 e. The van der Waals surface area contributed by atoms with Crippen molar-refractivity contribution in [2.24, 2.45) is 12.0 Å². The number of likely N-dealkylation sites (tertiary alicyclic amines) is 1. The van der Waals surface area contributed by atoms with Gasteiger partial charge in [-0.05, 0) is 38.4 Å². The predicted molar refractivity (Wildman–Crippen MR) is 130 cm³/mol. The predicted octanol–water partition coefficient (Wildman–Crippen LogP) is 2.26. The summed E-state index contributed by atoms with van der Waals surface area (Å²) in [6.45, 7) is 6.81. The molecule has 0 spiro atoms. The lowest BCUT2D eigenvalue weighted by molar-refractivity contribution is 0.203. The number of guanidine groups is 1. The summed E-state index contributed by atoms with van der Waals surface area (Å²) in [4.78, 5) is 7.29. The Morgan fingerprint density at radius 2 is 1.90 bits per heavy atom. The van der Waals surface area contributed by atoms with E-state index in [9.17, 15) is 0 Å². The molecule has 0 radical (unpaired) electrons. The van der Waals surface area contributed by atoms with Crippen molar-refractivity contribution < 1.29 is 4.74 Å². The summed E-state index contributed by atoms with van der Waals surface area (Å²) in [6, 6.07) is 11.0. The molecule has 1 fully saturated rings. The summed E-state index contributed by atoms with van der Waals surface area (Å²) in [5.74, 6) is 2.49. The van der Waals surface area contributed by atoms with Crippen LogP contribution in [0.1, 0.15) is 36.1 Å². The van der Waals surface area contributed by atoms with Crippen molar-refractivity contribution in [3.8, 4) is 0 Å². The van der Waals surface area contributed by atoms with Crippen LogP contribution >= 0.6 is 24.0 Å². The molecule has 1 aromatic carbocycles. The van der Waals surface area contributed by atoms with Crippen LogP contribution in [0.3, 0.4) is 0 Å². The second kappa shape index (κ2) is 12.9. The Morgan fingerprint density at radius 3 is 2.53 bits per heavy atom. The number of aliphatic imine (C=N–C) groups is 1. The van der Waals surface area contributed by atoms with Crippen molar-refractivity contribution in [2.45, 2.75) is 32.4 Å². The van der Waals surface area contributed by atoms with E-state index in [1.165, 1.54) is 18.4 Å². The smallest absolute Gasteiger partial charge is 0.191 e. The van der Waals surface area contributed by atoms with E-state index in [1.807, 2.05) is 18.5 Å². The third-order valence-corrected chi connectivity index (χ3v) is 5.39. The number of methoxy groups -OCH3 is 1. The Kier molecular flexibility index (Phi) is 10.5. The van der Waals surface area contributed by atoms with E-state index in [1.54, 1.807) is 7.11 Å². The van der Waals surface area contributed by atoms with Gasteiger partial charge in [0, 0.05) is 27.2 Å². The van der Waals surface area contributed by atoms with Gasteiger partial charge >= 0.3 is 0 Å². The normalized spacial score (nSPS) is 15.6. The molecule has 0 bridgehead atoms. The maximum Gasteiger partial charge on any atom is 0.191 e. The minimum atomic E-state index is 0. The average Bonchev–Trinajstić information content (AvgIpc) is 3.38. The van der Waals surface area contributed by atoms with Crippen molar-refractivity contribution in [1.29, 1.82) is 0 Å². The van der Waals surface area contributed by atoms with Gasteiger partial charge in [-0.3, -0.25) is 4.90 Å². The molecular weight excluding hydrogens is 493 g/mol. The number of aromatic nitrogens is 3. The standard InChI is InChI=1S/C21H33N7O.HI/c1-17-25-26-20(27(17)2)16-24-21(22-11-14-29-3)23-15-19(28-12-7-8-13-28)18-9-5-4-6-10-18;/h4-6,9-10,19H,7-8,11-16H2,1-3H3,(H2,22,23,24);1H. The van der Waals surface area contributed by atoms with Crippen LogP contribution in [0.25, 0.3) is 0 Å². The Bertz CT molecular complexity index is 775. The molecule has 0 amide bonds. The molecule has 1 saturated heterocycles. The molecule has 2 heterocycles. The molecule has 3 rings (SSSR count). The van der Waals surface area contributed by atoms with E-state index in [2.05, 4.69) is 56.1 Å². The lowest BCUT2D eigenvalue weighted by atomic mass is 10.1. The van der Waals surface area contributed by atoms with Gasteiger partial charge in [0.05, 0.1) is 12.6 Å². The maximum absolute atomic E-state index is 5.17. The van der Waals surface area contributed by atoms with Crippen LogP contribution in [0.15, 0.2) is 35.3 Å². The molecule has 1 aliphatic heterocycles. The Morgan fingerprint density at radius 1 is 1.17 bits per heavy atom. The third kappa shape index (κ3) is 6.92. The zero-order valence-electron chi connectivity index (χ0n) is 18.2. The quantitative estimate of drug-likeness (QED) is 0.226. The van der Waals surface area contributed by atoms with Gasteiger partial charge in [-0.25, -0.2) is 4.99 Å². The summed E-state index contributed by atoms with van der Waals surface area (Å²) in [5, 5.41) is 15.2. The number of benzene rings is 1. The van der Waals surface area contributed by atoms with E-state index in [4.69, 9.17) is 9.73 Å². The molecule has 0 saturated carbocycles. The second-order valence-corrected chi connectivity index (χ2v) is 7.36. The van der Waals surface area contributed by atoms with Crippen molar-refractivity contribution in [1.82, 2.24) is 30.3 Å². The van der Waals surface area contributed by atoms with Crippen LogP contribution in [-0.2, 0) is 18.3 Å². The lowest BCUT2D eigenvalue weighted by Crippen LogP contribution is -2.43. The first-order valence-electron chi connectivity index (χ1n) is 10.3. The summed E-state index contributed by atoms with van der Waals surface area (Å²) in [6.07, 6.45) is 2.53. The summed E-state index contributed by atoms with van der Waals surface area (Å²) in [7, 11) is 3.66. The number of nitrogens with zero attached hydrogens (tertiary/aromatic N) is 5. The van der Waals surface area contributed by atoms with Gasteiger partial charge in [0.1, 0.15) is 12.4 Å². The monoisotopic (exact) mass is 527 g/mol. The number of rotatable bonds is 9. The molecule has 0 aliphatic carbocycles. The van der Waals surface area contributed by atoms with Crippen LogP contribution in [0, 0.1) is 6.92 Å². The first-order chi connectivity index (χ1) is 14.2. The highest BCUT2D eigenvalue weighted by molar-refractivity contribution is 14.0. The summed E-state index contributed by atoms with van der Waals surface area (Å²) in [5.41, 5.74) is 1.34. The van der Waals surface area contributed by atoms with Crippen LogP contribution in [0.5, 0.6) is 0 Å². The van der Waals surface area contributed by atoms with Crippen molar-refractivity contribution in [3.05, 3.63) is 47.5 Å². The first-order valence-corrected chi connectivity index (χ1v) is 10.3. The van der Waals surface area contributed by atoms with E-state index < -0.39 is 0 Å². The number of nitrogens with one attached hydrogen (secondary N) is 2. The van der Waals surface area contributed by atoms with Crippen LogP contribution < -0.4 is 10.6 Å². The SMILES string of the molecule is COCCNC(=NCc1nnc(C)n1C)NCC(c1ccccc1)N1CCCC1.I. The van der Waals surface area contributed by atoms with Crippen molar-refractivity contribution >= 4 is 29.9 Å². The Labute approximate surface area is 196 Å². The van der Waals surface area contributed by atoms with Gasteiger partial charge in [-0.1, -0.05) is 30.3 Å². The third-order valence-electron chi connectivity index (χ3n) is 5.39. The van der Waals surface area contributed by atoms with Crippen LogP contribution in [0.2, 0.25) is 0 Å². The lowest BCUT2D eigenvalue weighted by Gasteiger charge is -2.29. The average molecular weight is 527 g/mol. The second-order valence-electron chi connectivity index (χ2n) is 7.36. The number of hydrogen-bond acceptors (Lipinski definition) is 5. The molecule has 2 aromatic rings. The molecule has 1 atom stereocenters. The molecule has 1 aliphatic rings. The summed E-state index contributed by atoms with van der Waals surface area (Å²) >= 11 is 0. The number of halogens is 1. The molecule has 8 nitrogen and oxygen atoms in total. The zero-order chi connectivity index (χ0) is 20.5. The van der Waals surface area contributed by atoms with Gasteiger partial charge in [0.15, 0.2) is 11.8 Å². The van der Waals surface area contributed by atoms with Gasteiger partial charge in [-0.15, -0.1) is 34.2 Å². The number of aryl methyl sites for hydroxylation is 1. The topological polar surface area (TPSA) is 79.6 Å².